The van der Waals surface area contributed by atoms with Crippen molar-refractivity contribution in [2.75, 3.05) is 13.1 Å². The molecule has 2 aromatic heterocycles. The van der Waals surface area contributed by atoms with E-state index in [4.69, 9.17) is 4.74 Å². The highest BCUT2D eigenvalue weighted by Crippen LogP contribution is 2.34. The molecule has 3 heterocycles. The third-order valence-corrected chi connectivity index (χ3v) is 7.27. The SMILES string of the molecule is Cc1cc(CO[C@H]2CCCN([C@@](C)([Si])c3cc4nc(C)sc4cc3F)C2)cc(C)n1. The molecule has 1 aromatic carbocycles. The second-order valence-corrected chi connectivity index (χ2v) is 10.6. The predicted octanol–water partition coefficient (Wildman–Crippen LogP) is 4.78. The molecule has 2 atom stereocenters. The summed E-state index contributed by atoms with van der Waals surface area (Å²) in [5.74, 6) is -0.200. The van der Waals surface area contributed by atoms with Crippen molar-refractivity contribution in [1.29, 1.82) is 0 Å². The van der Waals surface area contributed by atoms with Crippen LogP contribution in [0, 0.1) is 26.6 Å². The number of hydrogen-bond donors (Lipinski definition) is 0. The molecule has 0 unspecified atom stereocenters. The van der Waals surface area contributed by atoms with Gasteiger partial charge in [0.05, 0.1) is 38.2 Å². The summed E-state index contributed by atoms with van der Waals surface area (Å²) in [6.45, 7) is 10.2. The number of nitrogens with zero attached hydrogens (tertiary/aromatic N) is 3. The second-order valence-electron chi connectivity index (χ2n) is 8.38. The molecule has 4 rings (SSSR count). The van der Waals surface area contributed by atoms with E-state index in [0.29, 0.717) is 12.2 Å². The summed E-state index contributed by atoms with van der Waals surface area (Å²) in [6.07, 6.45) is 2.13. The van der Waals surface area contributed by atoms with Gasteiger partial charge in [0, 0.05) is 28.7 Å². The van der Waals surface area contributed by atoms with Crippen molar-refractivity contribution in [3.05, 3.63) is 57.6 Å². The fourth-order valence-electron chi connectivity index (χ4n) is 4.31. The lowest BCUT2D eigenvalue weighted by Gasteiger charge is -2.44. The van der Waals surface area contributed by atoms with E-state index in [1.807, 2.05) is 33.8 Å². The quantitative estimate of drug-likeness (QED) is 0.535. The Hall–Kier alpha value is -1.67. The minimum Gasteiger partial charge on any atom is -0.372 e. The molecule has 0 spiro atoms. The average Bonchev–Trinajstić information content (AvgIpc) is 3.04. The fraction of sp³-hybridized carbons (Fsp3) is 0.478. The van der Waals surface area contributed by atoms with Gasteiger partial charge in [-0.1, -0.05) is 0 Å². The minimum absolute atomic E-state index is 0.108. The molecule has 7 heteroatoms. The Morgan fingerprint density at radius 2 is 1.93 bits per heavy atom. The van der Waals surface area contributed by atoms with Crippen molar-refractivity contribution in [2.45, 2.75) is 58.4 Å². The first-order valence-corrected chi connectivity index (χ1v) is 11.7. The molecule has 0 saturated carbocycles. The van der Waals surface area contributed by atoms with Crippen LogP contribution in [0.15, 0.2) is 24.3 Å². The summed E-state index contributed by atoms with van der Waals surface area (Å²) in [7, 11) is 3.90. The molecule has 157 valence electrons. The van der Waals surface area contributed by atoms with E-state index in [1.165, 1.54) is 11.3 Å². The van der Waals surface area contributed by atoms with Crippen LogP contribution >= 0.6 is 11.3 Å². The zero-order valence-corrected chi connectivity index (χ0v) is 19.8. The number of ether oxygens (including phenoxy) is 1. The number of aromatic nitrogens is 2. The van der Waals surface area contributed by atoms with Crippen molar-refractivity contribution < 1.29 is 9.13 Å². The number of likely N-dealkylation sites (tertiary alicyclic amines) is 1. The molecule has 0 bridgehead atoms. The van der Waals surface area contributed by atoms with E-state index in [2.05, 4.69) is 37.2 Å². The van der Waals surface area contributed by atoms with Crippen molar-refractivity contribution in [3.63, 3.8) is 0 Å². The van der Waals surface area contributed by atoms with E-state index < -0.39 is 5.16 Å². The molecular weight excluding hydrogens is 413 g/mol. The number of fused-ring (bicyclic) bond motifs is 1. The maximum absolute atomic E-state index is 15.0. The van der Waals surface area contributed by atoms with Gasteiger partial charge in [-0.05, 0) is 76.9 Å². The molecule has 4 nitrogen and oxygen atoms in total. The van der Waals surface area contributed by atoms with Crippen molar-refractivity contribution >= 4 is 31.8 Å². The largest absolute Gasteiger partial charge is 0.372 e. The number of rotatable bonds is 5. The molecule has 30 heavy (non-hydrogen) atoms. The summed E-state index contributed by atoms with van der Waals surface area (Å²) in [5.41, 5.74) is 4.64. The van der Waals surface area contributed by atoms with E-state index in [1.54, 1.807) is 6.07 Å². The van der Waals surface area contributed by atoms with Crippen LogP contribution in [0.3, 0.4) is 0 Å². The molecule has 0 aliphatic carbocycles. The lowest BCUT2D eigenvalue weighted by Crippen LogP contribution is -2.51. The number of benzene rings is 1. The summed E-state index contributed by atoms with van der Waals surface area (Å²) in [5, 5.41) is 0.326. The van der Waals surface area contributed by atoms with Crippen molar-refractivity contribution in [3.8, 4) is 0 Å². The number of piperidine rings is 1. The molecule has 0 N–H and O–H groups in total. The zero-order valence-electron chi connectivity index (χ0n) is 18.0. The maximum Gasteiger partial charge on any atom is 0.129 e. The molecular formula is C23H27FN3OSSi. The third-order valence-electron chi connectivity index (χ3n) is 5.75. The van der Waals surface area contributed by atoms with E-state index in [0.717, 1.165) is 58.1 Å². The van der Waals surface area contributed by atoms with Gasteiger partial charge < -0.3 is 4.74 Å². The Kier molecular flexibility index (Phi) is 6.08. The number of halogens is 1. The van der Waals surface area contributed by atoms with Crippen molar-refractivity contribution in [2.24, 2.45) is 0 Å². The fourth-order valence-corrected chi connectivity index (χ4v) is 5.53. The standard InChI is InChI=1S/C23H27FN3OSSi/c1-14-8-17(9-15(2)25-14)13-28-18-6-5-7-27(12-18)23(4,30)19-10-21-22(11-20(19)24)29-16(3)26-21/h8-11,18H,5-7,12-13H2,1-4H3/t18-,23-/m0/s1. The Morgan fingerprint density at radius 1 is 1.20 bits per heavy atom. The Balaban J connectivity index is 1.49. The van der Waals surface area contributed by atoms with E-state index in [9.17, 15) is 0 Å². The summed E-state index contributed by atoms with van der Waals surface area (Å²) < 4.78 is 22.1. The lowest BCUT2D eigenvalue weighted by atomic mass is 10.00. The number of hydrogen-bond acceptors (Lipinski definition) is 5. The summed E-state index contributed by atoms with van der Waals surface area (Å²) in [6, 6.07) is 7.64. The van der Waals surface area contributed by atoms with Crippen LogP contribution in [-0.4, -0.2) is 44.3 Å². The first-order valence-electron chi connectivity index (χ1n) is 10.4. The minimum atomic E-state index is -0.623. The van der Waals surface area contributed by atoms with E-state index in [-0.39, 0.29) is 11.9 Å². The smallest absolute Gasteiger partial charge is 0.129 e. The van der Waals surface area contributed by atoms with Crippen LogP contribution in [0.4, 0.5) is 4.39 Å². The average molecular weight is 441 g/mol. The van der Waals surface area contributed by atoms with Gasteiger partial charge in [-0.3, -0.25) is 9.88 Å². The highest BCUT2D eigenvalue weighted by molar-refractivity contribution is 7.18. The Bertz CT molecular complexity index is 1050. The molecule has 0 amide bonds. The van der Waals surface area contributed by atoms with Gasteiger partial charge in [-0.25, -0.2) is 9.37 Å². The predicted molar refractivity (Wildman–Crippen MR) is 121 cm³/mol. The zero-order chi connectivity index (χ0) is 21.5. The monoisotopic (exact) mass is 440 g/mol. The number of aryl methyl sites for hydroxylation is 3. The van der Waals surface area contributed by atoms with Gasteiger partial charge in [-0.15, -0.1) is 11.3 Å². The second kappa shape index (κ2) is 8.46. The first-order chi connectivity index (χ1) is 14.2. The maximum atomic E-state index is 15.0. The van der Waals surface area contributed by atoms with Gasteiger partial charge in [-0.2, -0.15) is 0 Å². The highest BCUT2D eigenvalue weighted by atomic mass is 32.1. The van der Waals surface area contributed by atoms with Gasteiger partial charge in [0.15, 0.2) is 0 Å². The van der Waals surface area contributed by atoms with Crippen LogP contribution in [0.5, 0.6) is 0 Å². The van der Waals surface area contributed by atoms with Gasteiger partial charge in [0.1, 0.15) is 5.82 Å². The van der Waals surface area contributed by atoms with Crippen LogP contribution in [0.1, 0.15) is 47.3 Å². The summed E-state index contributed by atoms with van der Waals surface area (Å²) >= 11 is 1.52. The molecule has 3 radical (unpaired) electrons. The number of thiazole rings is 1. The molecule has 1 saturated heterocycles. The first kappa shape index (κ1) is 21.6. The topological polar surface area (TPSA) is 38.2 Å². The molecule has 1 aliphatic heterocycles. The van der Waals surface area contributed by atoms with Gasteiger partial charge in [0.25, 0.3) is 0 Å². The van der Waals surface area contributed by atoms with Crippen molar-refractivity contribution in [1.82, 2.24) is 14.9 Å². The Labute approximate surface area is 184 Å². The van der Waals surface area contributed by atoms with Crippen LogP contribution in [0.2, 0.25) is 0 Å². The molecule has 1 aliphatic rings. The summed E-state index contributed by atoms with van der Waals surface area (Å²) in [4.78, 5) is 11.2. The Morgan fingerprint density at radius 3 is 2.67 bits per heavy atom. The van der Waals surface area contributed by atoms with Crippen LogP contribution in [-0.2, 0) is 16.5 Å². The van der Waals surface area contributed by atoms with Gasteiger partial charge in [0.2, 0.25) is 0 Å². The van der Waals surface area contributed by atoms with Crippen LogP contribution in [0.25, 0.3) is 10.2 Å². The molecule has 3 aromatic rings. The highest BCUT2D eigenvalue weighted by Gasteiger charge is 2.35. The van der Waals surface area contributed by atoms with Crippen LogP contribution < -0.4 is 0 Å². The third kappa shape index (κ3) is 4.49. The number of pyridine rings is 1. The molecule has 1 fully saturated rings. The van der Waals surface area contributed by atoms with Gasteiger partial charge >= 0.3 is 0 Å². The normalized spacial score (nSPS) is 19.9. The lowest BCUT2D eigenvalue weighted by molar-refractivity contribution is -0.0270. The van der Waals surface area contributed by atoms with E-state index >= 15 is 4.39 Å².